The van der Waals surface area contributed by atoms with Crippen LogP contribution in [-0.2, 0) is 16.8 Å². The second-order valence-electron chi connectivity index (χ2n) is 6.34. The zero-order valence-electron chi connectivity index (χ0n) is 13.9. The number of thiophene rings is 1. The summed E-state index contributed by atoms with van der Waals surface area (Å²) >= 11 is 1.71. The van der Waals surface area contributed by atoms with Gasteiger partial charge in [0.2, 0.25) is 5.90 Å². The zero-order valence-corrected chi connectivity index (χ0v) is 14.8. The highest BCUT2D eigenvalue weighted by Gasteiger charge is 2.40. The molecule has 26 heavy (non-hydrogen) atoms. The van der Waals surface area contributed by atoms with Crippen LogP contribution in [0.5, 0.6) is 0 Å². The first-order valence-corrected chi connectivity index (χ1v) is 9.24. The largest absolute Gasteiger partial charge is 0.474 e. The molecule has 5 rings (SSSR count). The molecule has 5 nitrogen and oxygen atoms in total. The van der Waals surface area contributed by atoms with E-state index < -0.39 is 5.54 Å². The van der Waals surface area contributed by atoms with Gasteiger partial charge in [-0.2, -0.15) is 5.10 Å². The molecule has 2 aromatic heterocycles. The van der Waals surface area contributed by atoms with Crippen LogP contribution in [0.4, 0.5) is 0 Å². The predicted molar refractivity (Wildman–Crippen MR) is 102 cm³/mol. The standard InChI is InChI=1S/C20H16N4OS/c1-2-7-16(8-3-1)20(11-24-14-21-13-22-24)12-25-19(23-20)18-10-15-6-4-5-9-17(15)26-18/h1-10,13-14H,11-12H2. The lowest BCUT2D eigenvalue weighted by atomic mass is 9.92. The van der Waals surface area contributed by atoms with Gasteiger partial charge in [-0.25, -0.2) is 9.98 Å². The van der Waals surface area contributed by atoms with E-state index in [1.807, 2.05) is 22.9 Å². The van der Waals surface area contributed by atoms with Crippen LogP contribution in [0.15, 0.2) is 78.3 Å². The lowest BCUT2D eigenvalue weighted by Crippen LogP contribution is -2.31. The Labute approximate surface area is 154 Å². The van der Waals surface area contributed by atoms with Gasteiger partial charge in [0.05, 0.1) is 11.4 Å². The number of aliphatic imine (C=N–C) groups is 1. The van der Waals surface area contributed by atoms with Gasteiger partial charge < -0.3 is 4.74 Å². The van der Waals surface area contributed by atoms with Gasteiger partial charge in [0.15, 0.2) is 0 Å². The van der Waals surface area contributed by atoms with E-state index in [1.165, 1.54) is 10.1 Å². The van der Waals surface area contributed by atoms with Crippen molar-refractivity contribution in [3.8, 4) is 0 Å². The van der Waals surface area contributed by atoms with E-state index in [1.54, 1.807) is 24.0 Å². The summed E-state index contributed by atoms with van der Waals surface area (Å²) in [7, 11) is 0. The molecule has 0 radical (unpaired) electrons. The molecule has 0 fully saturated rings. The highest BCUT2D eigenvalue weighted by molar-refractivity contribution is 7.20. The maximum Gasteiger partial charge on any atom is 0.227 e. The summed E-state index contributed by atoms with van der Waals surface area (Å²) in [5.74, 6) is 0.704. The second-order valence-corrected chi connectivity index (χ2v) is 7.43. The Morgan fingerprint density at radius 3 is 2.73 bits per heavy atom. The van der Waals surface area contributed by atoms with E-state index in [0.29, 0.717) is 19.0 Å². The van der Waals surface area contributed by atoms with Crippen molar-refractivity contribution in [2.24, 2.45) is 4.99 Å². The van der Waals surface area contributed by atoms with Crippen LogP contribution in [0.25, 0.3) is 10.1 Å². The molecule has 128 valence electrons. The van der Waals surface area contributed by atoms with E-state index in [4.69, 9.17) is 9.73 Å². The summed E-state index contributed by atoms with van der Waals surface area (Å²) < 4.78 is 9.14. The molecule has 1 aliphatic heterocycles. The van der Waals surface area contributed by atoms with Crippen molar-refractivity contribution < 1.29 is 4.74 Å². The van der Waals surface area contributed by atoms with Crippen LogP contribution in [0, 0.1) is 0 Å². The lowest BCUT2D eigenvalue weighted by molar-refractivity contribution is 0.230. The van der Waals surface area contributed by atoms with E-state index in [-0.39, 0.29) is 0 Å². The maximum atomic E-state index is 6.09. The second kappa shape index (κ2) is 6.07. The third-order valence-corrected chi connectivity index (χ3v) is 5.70. The molecule has 1 atom stereocenters. The summed E-state index contributed by atoms with van der Waals surface area (Å²) in [5, 5.41) is 5.48. The van der Waals surface area contributed by atoms with Crippen molar-refractivity contribution in [3.63, 3.8) is 0 Å². The Kier molecular flexibility index (Phi) is 3.57. The van der Waals surface area contributed by atoms with Gasteiger partial charge in [-0.3, -0.25) is 4.68 Å². The molecular weight excluding hydrogens is 344 g/mol. The van der Waals surface area contributed by atoms with Gasteiger partial charge in [0.25, 0.3) is 0 Å². The number of benzene rings is 2. The van der Waals surface area contributed by atoms with Crippen LogP contribution < -0.4 is 0 Å². The van der Waals surface area contributed by atoms with Crippen molar-refractivity contribution in [3.05, 3.63) is 83.8 Å². The normalized spacial score (nSPS) is 19.5. The first kappa shape index (κ1) is 15.3. The topological polar surface area (TPSA) is 52.3 Å². The van der Waals surface area contributed by atoms with Crippen LogP contribution in [0.1, 0.15) is 10.4 Å². The number of rotatable bonds is 4. The van der Waals surface area contributed by atoms with E-state index in [0.717, 1.165) is 10.4 Å². The van der Waals surface area contributed by atoms with Gasteiger partial charge in [-0.15, -0.1) is 11.3 Å². The van der Waals surface area contributed by atoms with Crippen molar-refractivity contribution in [1.29, 1.82) is 0 Å². The summed E-state index contributed by atoms with van der Waals surface area (Å²) in [5.41, 5.74) is 0.618. The number of hydrogen-bond donors (Lipinski definition) is 0. The number of aromatic nitrogens is 3. The number of hydrogen-bond acceptors (Lipinski definition) is 5. The third-order valence-electron chi connectivity index (χ3n) is 4.60. The van der Waals surface area contributed by atoms with Gasteiger partial charge >= 0.3 is 0 Å². The van der Waals surface area contributed by atoms with Gasteiger partial charge in [-0.05, 0) is 23.1 Å². The molecule has 0 saturated carbocycles. The highest BCUT2D eigenvalue weighted by atomic mass is 32.1. The molecule has 2 aromatic carbocycles. The van der Waals surface area contributed by atoms with Crippen molar-refractivity contribution >= 4 is 27.3 Å². The zero-order chi connectivity index (χ0) is 17.4. The molecule has 0 spiro atoms. The minimum absolute atomic E-state index is 0.487. The molecule has 4 aromatic rings. The van der Waals surface area contributed by atoms with Gasteiger partial charge in [0.1, 0.15) is 24.8 Å². The fraction of sp³-hybridized carbons (Fsp3) is 0.150. The average Bonchev–Trinajstić information content (AvgIpc) is 3.42. The van der Waals surface area contributed by atoms with Crippen LogP contribution >= 0.6 is 11.3 Å². The molecule has 0 aliphatic carbocycles. The van der Waals surface area contributed by atoms with E-state index in [2.05, 4.69) is 52.5 Å². The minimum atomic E-state index is -0.500. The molecule has 0 bridgehead atoms. The number of nitrogens with zero attached hydrogens (tertiary/aromatic N) is 4. The van der Waals surface area contributed by atoms with Crippen LogP contribution in [-0.4, -0.2) is 27.3 Å². The molecule has 0 N–H and O–H groups in total. The quantitative estimate of drug-likeness (QED) is 0.555. The summed E-state index contributed by atoms with van der Waals surface area (Å²) in [6, 6.07) is 20.8. The smallest absolute Gasteiger partial charge is 0.227 e. The molecule has 6 heteroatoms. The van der Waals surface area contributed by atoms with E-state index in [9.17, 15) is 0 Å². The summed E-state index contributed by atoms with van der Waals surface area (Å²) in [6.07, 6.45) is 3.27. The number of fused-ring (bicyclic) bond motifs is 1. The Hall–Kier alpha value is -2.99. The molecule has 1 aliphatic rings. The maximum absolute atomic E-state index is 6.09. The Morgan fingerprint density at radius 2 is 1.92 bits per heavy atom. The van der Waals surface area contributed by atoms with Crippen molar-refractivity contribution in [2.45, 2.75) is 12.1 Å². The van der Waals surface area contributed by atoms with Crippen molar-refractivity contribution in [2.75, 3.05) is 6.61 Å². The summed E-state index contributed by atoms with van der Waals surface area (Å²) in [4.78, 5) is 10.2. The van der Waals surface area contributed by atoms with Gasteiger partial charge in [0, 0.05) is 4.70 Å². The number of ether oxygens (including phenoxy) is 1. The Balaban J connectivity index is 1.59. The van der Waals surface area contributed by atoms with Crippen molar-refractivity contribution in [1.82, 2.24) is 14.8 Å². The SMILES string of the molecule is c1ccc(C2(Cn3cncn3)COC(c3cc4ccccc4s3)=N2)cc1. The molecular formula is C20H16N4OS. The first-order valence-electron chi connectivity index (χ1n) is 8.42. The molecule has 3 heterocycles. The predicted octanol–water partition coefficient (Wildman–Crippen LogP) is 3.87. The van der Waals surface area contributed by atoms with Crippen LogP contribution in [0.2, 0.25) is 0 Å². The molecule has 0 amide bonds. The van der Waals surface area contributed by atoms with Crippen LogP contribution in [0.3, 0.4) is 0 Å². The fourth-order valence-electron chi connectivity index (χ4n) is 3.31. The minimum Gasteiger partial charge on any atom is -0.474 e. The monoisotopic (exact) mass is 360 g/mol. The third kappa shape index (κ3) is 2.59. The molecule has 0 saturated heterocycles. The summed E-state index contributed by atoms with van der Waals surface area (Å²) in [6.45, 7) is 1.08. The van der Waals surface area contributed by atoms with Gasteiger partial charge in [-0.1, -0.05) is 48.5 Å². The first-order chi connectivity index (χ1) is 12.8. The molecule has 1 unspecified atom stereocenters. The lowest BCUT2D eigenvalue weighted by Gasteiger charge is -2.24. The Morgan fingerprint density at radius 1 is 1.08 bits per heavy atom. The highest BCUT2D eigenvalue weighted by Crippen LogP contribution is 2.36. The Bertz CT molecular complexity index is 1040. The average molecular weight is 360 g/mol. The van der Waals surface area contributed by atoms with E-state index >= 15 is 0 Å². The fourth-order valence-corrected chi connectivity index (χ4v) is 4.32.